The van der Waals surface area contributed by atoms with Crippen molar-refractivity contribution >= 4 is 33.2 Å². The van der Waals surface area contributed by atoms with Gasteiger partial charge in [-0.05, 0) is 66.3 Å². The molecule has 0 bridgehead atoms. The first kappa shape index (κ1) is 24.8. The molecule has 5 nitrogen and oxygen atoms in total. The van der Waals surface area contributed by atoms with Crippen LogP contribution in [-0.4, -0.2) is 27.1 Å². The number of nitrogens with one attached hydrogen (secondary N) is 1. The van der Waals surface area contributed by atoms with Gasteiger partial charge in [0.25, 0.3) is 5.91 Å². The van der Waals surface area contributed by atoms with Gasteiger partial charge in [0.2, 0.25) is 10.0 Å². The standard InChI is InChI=1S/C26H29ClN2O3S/c1-4-22-7-5-6-19(2)25(22)29(33(3,31)32)18-21-8-12-23(13-9-21)26(30)28-17-16-20-10-14-24(27)15-11-20/h5-15H,4,16-18H2,1-3H3,(H,28,30). The molecule has 0 aliphatic rings. The molecule has 1 N–H and O–H groups in total. The van der Waals surface area contributed by atoms with Crippen molar-refractivity contribution in [1.29, 1.82) is 0 Å². The Balaban J connectivity index is 1.69. The van der Waals surface area contributed by atoms with Gasteiger partial charge in [-0.25, -0.2) is 8.42 Å². The molecule has 0 atom stereocenters. The highest BCUT2D eigenvalue weighted by molar-refractivity contribution is 7.92. The number of anilines is 1. The highest BCUT2D eigenvalue weighted by Gasteiger charge is 2.22. The number of para-hydroxylation sites is 1. The number of aryl methyl sites for hydroxylation is 2. The van der Waals surface area contributed by atoms with Crippen LogP contribution in [0.15, 0.2) is 66.7 Å². The molecule has 0 unspecified atom stereocenters. The van der Waals surface area contributed by atoms with Gasteiger partial charge in [0.05, 0.1) is 18.5 Å². The number of rotatable bonds is 9. The molecule has 0 fully saturated rings. The van der Waals surface area contributed by atoms with Gasteiger partial charge in [-0.1, -0.05) is 61.0 Å². The predicted molar refractivity (Wildman–Crippen MR) is 136 cm³/mol. The highest BCUT2D eigenvalue weighted by Crippen LogP contribution is 2.29. The van der Waals surface area contributed by atoms with Crippen LogP contribution in [0.3, 0.4) is 0 Å². The third kappa shape index (κ3) is 6.59. The lowest BCUT2D eigenvalue weighted by Crippen LogP contribution is -2.31. The summed E-state index contributed by atoms with van der Waals surface area (Å²) in [5.74, 6) is -0.164. The van der Waals surface area contributed by atoms with Gasteiger partial charge in [-0.2, -0.15) is 0 Å². The molecule has 0 aromatic heterocycles. The van der Waals surface area contributed by atoms with Gasteiger partial charge in [0.1, 0.15) is 0 Å². The largest absolute Gasteiger partial charge is 0.352 e. The lowest BCUT2D eigenvalue weighted by Gasteiger charge is -2.26. The molecular formula is C26H29ClN2O3S. The zero-order valence-electron chi connectivity index (χ0n) is 19.1. The van der Waals surface area contributed by atoms with E-state index in [0.717, 1.165) is 34.4 Å². The second kappa shape index (κ2) is 10.9. The van der Waals surface area contributed by atoms with Crippen LogP contribution in [0.2, 0.25) is 5.02 Å². The molecule has 0 radical (unpaired) electrons. The Morgan fingerprint density at radius 2 is 1.61 bits per heavy atom. The first-order chi connectivity index (χ1) is 15.7. The number of carbonyl (C=O) groups excluding carboxylic acids is 1. The molecule has 0 spiro atoms. The monoisotopic (exact) mass is 484 g/mol. The fourth-order valence-electron chi connectivity index (χ4n) is 3.72. The van der Waals surface area contributed by atoms with Crippen LogP contribution in [-0.2, 0) is 29.4 Å². The molecule has 1 amide bonds. The quantitative estimate of drug-likeness (QED) is 0.456. The number of hydrogen-bond donors (Lipinski definition) is 1. The predicted octanol–water partition coefficient (Wildman–Crippen LogP) is 5.15. The van der Waals surface area contributed by atoms with Gasteiger partial charge in [0.15, 0.2) is 0 Å². The van der Waals surface area contributed by atoms with Crippen molar-refractivity contribution in [3.63, 3.8) is 0 Å². The number of nitrogens with zero attached hydrogens (tertiary/aromatic N) is 1. The highest BCUT2D eigenvalue weighted by atomic mass is 35.5. The summed E-state index contributed by atoms with van der Waals surface area (Å²) in [4.78, 5) is 12.5. The van der Waals surface area contributed by atoms with E-state index in [1.807, 2.05) is 56.3 Å². The first-order valence-electron chi connectivity index (χ1n) is 10.9. The summed E-state index contributed by atoms with van der Waals surface area (Å²) in [6, 6.07) is 20.4. The summed E-state index contributed by atoms with van der Waals surface area (Å²) in [6.45, 7) is 4.65. The van der Waals surface area contributed by atoms with Crippen molar-refractivity contribution in [1.82, 2.24) is 5.32 Å². The van der Waals surface area contributed by atoms with E-state index in [4.69, 9.17) is 11.6 Å². The van der Waals surface area contributed by atoms with Gasteiger partial charge in [0, 0.05) is 17.1 Å². The normalized spacial score (nSPS) is 11.3. The Bertz CT molecular complexity index is 1210. The van der Waals surface area contributed by atoms with Crippen LogP contribution in [0.5, 0.6) is 0 Å². The van der Waals surface area contributed by atoms with Crippen LogP contribution >= 0.6 is 11.6 Å². The molecule has 0 aliphatic heterocycles. The van der Waals surface area contributed by atoms with Crippen LogP contribution in [0.25, 0.3) is 0 Å². The third-order valence-electron chi connectivity index (χ3n) is 5.51. The molecule has 0 saturated carbocycles. The van der Waals surface area contributed by atoms with Crippen LogP contribution in [0, 0.1) is 6.92 Å². The third-order valence-corrected chi connectivity index (χ3v) is 6.87. The van der Waals surface area contributed by atoms with Gasteiger partial charge < -0.3 is 5.32 Å². The summed E-state index contributed by atoms with van der Waals surface area (Å²) in [6.07, 6.45) is 2.67. The second-order valence-electron chi connectivity index (χ2n) is 8.04. The van der Waals surface area contributed by atoms with Crippen molar-refractivity contribution < 1.29 is 13.2 Å². The van der Waals surface area contributed by atoms with E-state index < -0.39 is 10.0 Å². The van der Waals surface area contributed by atoms with E-state index in [1.54, 1.807) is 24.3 Å². The molecule has 0 heterocycles. The molecule has 3 aromatic rings. The minimum Gasteiger partial charge on any atom is -0.352 e. The smallest absolute Gasteiger partial charge is 0.251 e. The second-order valence-corrected chi connectivity index (χ2v) is 10.4. The minimum atomic E-state index is -3.49. The fraction of sp³-hybridized carbons (Fsp3) is 0.269. The molecule has 3 rings (SSSR count). The van der Waals surface area contributed by atoms with Crippen molar-refractivity contribution in [3.8, 4) is 0 Å². The zero-order valence-corrected chi connectivity index (χ0v) is 20.7. The summed E-state index contributed by atoms with van der Waals surface area (Å²) in [7, 11) is -3.49. The van der Waals surface area contributed by atoms with Crippen molar-refractivity contribution in [2.45, 2.75) is 33.2 Å². The molecule has 33 heavy (non-hydrogen) atoms. The Morgan fingerprint density at radius 3 is 2.21 bits per heavy atom. The average molecular weight is 485 g/mol. The van der Waals surface area contributed by atoms with Gasteiger partial charge >= 0.3 is 0 Å². The number of sulfonamides is 1. The van der Waals surface area contributed by atoms with Crippen molar-refractivity contribution in [2.75, 3.05) is 17.1 Å². The molecule has 0 saturated heterocycles. The van der Waals surface area contributed by atoms with E-state index in [9.17, 15) is 13.2 Å². The number of carbonyl (C=O) groups is 1. The zero-order chi connectivity index (χ0) is 24.0. The summed E-state index contributed by atoms with van der Waals surface area (Å²) in [5.41, 5.74) is 5.06. The maximum atomic E-state index is 12.6. The van der Waals surface area contributed by atoms with E-state index >= 15 is 0 Å². The SMILES string of the molecule is CCc1cccc(C)c1N(Cc1ccc(C(=O)NCCc2ccc(Cl)cc2)cc1)S(C)(=O)=O. The molecule has 174 valence electrons. The number of halogens is 1. The van der Waals surface area contributed by atoms with E-state index in [1.165, 1.54) is 10.6 Å². The summed E-state index contributed by atoms with van der Waals surface area (Å²) in [5, 5.41) is 3.60. The lowest BCUT2D eigenvalue weighted by molar-refractivity contribution is 0.0954. The maximum absolute atomic E-state index is 12.6. The van der Waals surface area contributed by atoms with Crippen molar-refractivity contribution in [3.05, 3.63) is 99.6 Å². The van der Waals surface area contributed by atoms with E-state index in [2.05, 4.69) is 5.32 Å². The van der Waals surface area contributed by atoms with E-state index in [0.29, 0.717) is 23.6 Å². The van der Waals surface area contributed by atoms with E-state index in [-0.39, 0.29) is 12.5 Å². The molecular weight excluding hydrogens is 456 g/mol. The molecule has 3 aromatic carbocycles. The maximum Gasteiger partial charge on any atom is 0.251 e. The first-order valence-corrected chi connectivity index (χ1v) is 13.1. The summed E-state index contributed by atoms with van der Waals surface area (Å²) >= 11 is 5.90. The number of amides is 1. The Morgan fingerprint density at radius 1 is 0.970 bits per heavy atom. The Hall–Kier alpha value is -2.83. The van der Waals surface area contributed by atoms with Crippen molar-refractivity contribution in [2.24, 2.45) is 0 Å². The Kier molecular flexibility index (Phi) is 8.16. The minimum absolute atomic E-state index is 0.164. The lowest BCUT2D eigenvalue weighted by atomic mass is 10.1. The summed E-state index contributed by atoms with van der Waals surface area (Å²) < 4.78 is 26.7. The van der Waals surface area contributed by atoms with Gasteiger partial charge in [-0.15, -0.1) is 0 Å². The van der Waals surface area contributed by atoms with Crippen LogP contribution in [0.1, 0.15) is 39.5 Å². The average Bonchev–Trinajstić information content (AvgIpc) is 2.78. The number of hydrogen-bond acceptors (Lipinski definition) is 3. The topological polar surface area (TPSA) is 66.5 Å². The van der Waals surface area contributed by atoms with Crippen LogP contribution in [0.4, 0.5) is 5.69 Å². The molecule has 7 heteroatoms. The fourth-order valence-corrected chi connectivity index (χ4v) is 4.83. The van der Waals surface area contributed by atoms with Crippen LogP contribution < -0.4 is 9.62 Å². The van der Waals surface area contributed by atoms with Gasteiger partial charge in [-0.3, -0.25) is 9.10 Å². The molecule has 0 aliphatic carbocycles. The Labute approximate surface area is 201 Å². The number of benzene rings is 3.